The average Bonchev–Trinajstić information content (AvgIpc) is 2.87. The van der Waals surface area contributed by atoms with E-state index < -0.39 is 12.2 Å². The fraction of sp³-hybridized carbons (Fsp3) is 0.471. The summed E-state index contributed by atoms with van der Waals surface area (Å²) >= 11 is 0. The molecule has 7 heteroatoms. The van der Waals surface area contributed by atoms with Crippen molar-refractivity contribution in [3.63, 3.8) is 0 Å². The Morgan fingerprint density at radius 1 is 1.42 bits per heavy atom. The number of benzene rings is 1. The highest BCUT2D eigenvalue weighted by atomic mass is 19.1. The van der Waals surface area contributed by atoms with Crippen LogP contribution in [0, 0.1) is 18.7 Å². The molecule has 24 heavy (non-hydrogen) atoms. The Balaban J connectivity index is 1.79. The van der Waals surface area contributed by atoms with Crippen molar-refractivity contribution in [3.05, 3.63) is 35.3 Å². The first kappa shape index (κ1) is 16.9. The van der Waals surface area contributed by atoms with E-state index in [1.807, 2.05) is 0 Å². The number of halogens is 1. The van der Waals surface area contributed by atoms with Crippen molar-refractivity contribution in [2.45, 2.75) is 19.1 Å². The number of H-pyrrole nitrogens is 1. The Kier molecular flexibility index (Phi) is 4.58. The molecule has 1 saturated heterocycles. The van der Waals surface area contributed by atoms with Gasteiger partial charge in [0, 0.05) is 30.4 Å². The quantitative estimate of drug-likeness (QED) is 0.782. The Hall–Kier alpha value is -1.96. The van der Waals surface area contributed by atoms with Crippen LogP contribution < -0.4 is 0 Å². The number of fused-ring (bicyclic) bond motifs is 1. The molecule has 1 aromatic carbocycles. The lowest BCUT2D eigenvalue weighted by Gasteiger charge is -2.34. The molecule has 2 aromatic rings. The second kappa shape index (κ2) is 6.51. The number of hydrogen-bond acceptors (Lipinski definition) is 4. The van der Waals surface area contributed by atoms with E-state index in [9.17, 15) is 19.4 Å². The van der Waals surface area contributed by atoms with Gasteiger partial charge in [-0.2, -0.15) is 0 Å². The largest absolute Gasteiger partial charge is 0.390 e. The summed E-state index contributed by atoms with van der Waals surface area (Å²) < 4.78 is 18.6. The first-order chi connectivity index (χ1) is 11.4. The van der Waals surface area contributed by atoms with E-state index in [4.69, 9.17) is 4.74 Å². The molecular weight excluding hydrogens is 315 g/mol. The van der Waals surface area contributed by atoms with Gasteiger partial charge in [0.25, 0.3) is 5.91 Å². The van der Waals surface area contributed by atoms with E-state index in [2.05, 4.69) is 4.98 Å². The van der Waals surface area contributed by atoms with Crippen molar-refractivity contribution in [2.24, 2.45) is 5.92 Å². The van der Waals surface area contributed by atoms with Crippen LogP contribution in [0.3, 0.4) is 0 Å². The summed E-state index contributed by atoms with van der Waals surface area (Å²) in [6.07, 6.45) is -1.86. The molecule has 0 spiro atoms. The molecule has 0 saturated carbocycles. The summed E-state index contributed by atoms with van der Waals surface area (Å²) in [5, 5.41) is 20.4. The third-order valence-electron chi connectivity index (χ3n) is 4.59. The third-order valence-corrected chi connectivity index (χ3v) is 4.59. The molecular formula is C17H21FN2O4. The van der Waals surface area contributed by atoms with Crippen LogP contribution in [-0.4, -0.2) is 65.0 Å². The minimum Gasteiger partial charge on any atom is -0.390 e. The Morgan fingerprint density at radius 2 is 2.17 bits per heavy atom. The van der Waals surface area contributed by atoms with Crippen LogP contribution in [0.5, 0.6) is 0 Å². The van der Waals surface area contributed by atoms with Gasteiger partial charge in [0.1, 0.15) is 17.6 Å². The number of amides is 1. The van der Waals surface area contributed by atoms with Crippen molar-refractivity contribution in [1.82, 2.24) is 9.88 Å². The van der Waals surface area contributed by atoms with Gasteiger partial charge in [-0.3, -0.25) is 4.79 Å². The van der Waals surface area contributed by atoms with E-state index in [1.54, 1.807) is 20.0 Å². The number of aliphatic hydroxyl groups excluding tert-OH is 2. The summed E-state index contributed by atoms with van der Waals surface area (Å²) in [6.45, 7) is 2.40. The number of aliphatic hydroxyl groups is 2. The van der Waals surface area contributed by atoms with Gasteiger partial charge in [-0.15, -0.1) is 0 Å². The van der Waals surface area contributed by atoms with E-state index >= 15 is 0 Å². The van der Waals surface area contributed by atoms with Crippen molar-refractivity contribution in [3.8, 4) is 0 Å². The zero-order chi connectivity index (χ0) is 17.4. The van der Waals surface area contributed by atoms with E-state index in [1.165, 1.54) is 17.0 Å². The normalized spacial score (nSPS) is 24.3. The van der Waals surface area contributed by atoms with Gasteiger partial charge in [0.2, 0.25) is 0 Å². The standard InChI is InChI=1S/C17H21FN2O4/c1-9-12-5-11(18)3-4-13(12)19-15(9)17(23)20(2)6-10-7-24-8-14(21)16(10)22/h3-5,10,14,16,19,21-22H,6-8H2,1-2H3/t10-,14-,16+/m1/s1. The fourth-order valence-electron chi connectivity index (χ4n) is 3.15. The lowest BCUT2D eigenvalue weighted by molar-refractivity contribution is -0.123. The SMILES string of the molecule is Cc1c(C(=O)N(C)C[C@@H]2COC[C@@H](O)[C@H]2O)[nH]c2ccc(F)cc12. The zero-order valence-corrected chi connectivity index (χ0v) is 13.6. The molecule has 0 bridgehead atoms. The van der Waals surface area contributed by atoms with Crippen LogP contribution in [0.4, 0.5) is 4.39 Å². The Labute approximate surface area is 138 Å². The average molecular weight is 336 g/mol. The van der Waals surface area contributed by atoms with E-state index in [0.29, 0.717) is 22.2 Å². The molecule has 3 rings (SSSR count). The molecule has 1 aliphatic rings. The molecule has 0 unspecified atom stereocenters. The predicted octanol–water partition coefficient (Wildman–Crippen LogP) is 1.06. The lowest BCUT2D eigenvalue weighted by Crippen LogP contribution is -2.48. The number of aromatic nitrogens is 1. The third kappa shape index (κ3) is 3.02. The number of nitrogens with one attached hydrogen (secondary N) is 1. The number of rotatable bonds is 3. The summed E-state index contributed by atoms with van der Waals surface area (Å²) in [5.74, 6) is -0.963. The number of aromatic amines is 1. The molecule has 1 amide bonds. The Bertz CT molecular complexity index is 760. The van der Waals surface area contributed by atoms with Gasteiger partial charge in [-0.1, -0.05) is 0 Å². The van der Waals surface area contributed by atoms with Gasteiger partial charge in [0.05, 0.1) is 19.3 Å². The Morgan fingerprint density at radius 3 is 2.92 bits per heavy atom. The monoisotopic (exact) mass is 336 g/mol. The topological polar surface area (TPSA) is 85.8 Å². The summed E-state index contributed by atoms with van der Waals surface area (Å²) in [5.41, 5.74) is 1.77. The van der Waals surface area contributed by atoms with E-state index in [-0.39, 0.29) is 37.4 Å². The van der Waals surface area contributed by atoms with Crippen molar-refractivity contribution in [2.75, 3.05) is 26.8 Å². The molecule has 1 fully saturated rings. The van der Waals surface area contributed by atoms with Crippen molar-refractivity contribution in [1.29, 1.82) is 0 Å². The van der Waals surface area contributed by atoms with Crippen LogP contribution in [0.25, 0.3) is 10.9 Å². The van der Waals surface area contributed by atoms with Crippen LogP contribution in [0.2, 0.25) is 0 Å². The van der Waals surface area contributed by atoms with Crippen LogP contribution in [0.15, 0.2) is 18.2 Å². The molecule has 3 atom stereocenters. The van der Waals surface area contributed by atoms with Crippen LogP contribution >= 0.6 is 0 Å². The van der Waals surface area contributed by atoms with Gasteiger partial charge < -0.3 is 24.8 Å². The highest BCUT2D eigenvalue weighted by Crippen LogP contribution is 2.24. The van der Waals surface area contributed by atoms with Gasteiger partial charge in [-0.05, 0) is 30.7 Å². The summed E-state index contributed by atoms with van der Waals surface area (Å²) in [7, 11) is 1.63. The molecule has 130 valence electrons. The smallest absolute Gasteiger partial charge is 0.270 e. The lowest BCUT2D eigenvalue weighted by atomic mass is 9.96. The molecule has 6 nitrogen and oxygen atoms in total. The number of carbonyl (C=O) groups excluding carboxylic acids is 1. The van der Waals surface area contributed by atoms with Gasteiger partial charge in [-0.25, -0.2) is 4.39 Å². The molecule has 3 N–H and O–H groups in total. The number of nitrogens with zero attached hydrogens (tertiary/aromatic N) is 1. The fourth-order valence-corrected chi connectivity index (χ4v) is 3.15. The maximum Gasteiger partial charge on any atom is 0.270 e. The molecule has 0 radical (unpaired) electrons. The minimum absolute atomic E-state index is 0.0992. The van der Waals surface area contributed by atoms with Gasteiger partial charge in [0.15, 0.2) is 0 Å². The maximum atomic E-state index is 13.4. The maximum absolute atomic E-state index is 13.4. The number of carbonyl (C=O) groups is 1. The number of ether oxygens (including phenoxy) is 1. The van der Waals surface area contributed by atoms with Crippen molar-refractivity contribution >= 4 is 16.8 Å². The highest BCUT2D eigenvalue weighted by Gasteiger charge is 2.33. The van der Waals surface area contributed by atoms with Gasteiger partial charge >= 0.3 is 0 Å². The van der Waals surface area contributed by atoms with Crippen LogP contribution in [-0.2, 0) is 4.74 Å². The molecule has 2 heterocycles. The first-order valence-electron chi connectivity index (χ1n) is 7.85. The summed E-state index contributed by atoms with van der Waals surface area (Å²) in [6, 6.07) is 4.34. The highest BCUT2D eigenvalue weighted by molar-refractivity contribution is 6.00. The minimum atomic E-state index is -0.940. The molecule has 1 aliphatic heterocycles. The molecule has 1 aromatic heterocycles. The van der Waals surface area contributed by atoms with Crippen molar-refractivity contribution < 1.29 is 24.1 Å². The number of aryl methyl sites for hydroxylation is 1. The second-order valence-corrected chi connectivity index (χ2v) is 6.36. The predicted molar refractivity (Wildman–Crippen MR) is 86.3 cm³/mol. The zero-order valence-electron chi connectivity index (χ0n) is 13.6. The van der Waals surface area contributed by atoms with Crippen LogP contribution in [0.1, 0.15) is 16.1 Å². The second-order valence-electron chi connectivity index (χ2n) is 6.36. The van der Waals surface area contributed by atoms with E-state index in [0.717, 1.165) is 0 Å². The summed E-state index contributed by atoms with van der Waals surface area (Å²) in [4.78, 5) is 17.2. The molecule has 0 aliphatic carbocycles. The number of hydrogen-bond donors (Lipinski definition) is 3. The first-order valence-corrected chi connectivity index (χ1v) is 7.85.